The summed E-state index contributed by atoms with van der Waals surface area (Å²) in [5.74, 6) is 0. The zero-order valence-electron chi connectivity index (χ0n) is 11.8. The lowest BCUT2D eigenvalue weighted by Gasteiger charge is -2.25. The third-order valence-electron chi connectivity index (χ3n) is 3.69. The largest absolute Gasteiger partial charge is 0.382 e. The smallest absolute Gasteiger partial charge is 0.0561 e. The summed E-state index contributed by atoms with van der Waals surface area (Å²) in [6.07, 6.45) is 12.0. The molecule has 0 aliphatic heterocycles. The van der Waals surface area contributed by atoms with E-state index in [0.717, 1.165) is 13.0 Å². The summed E-state index contributed by atoms with van der Waals surface area (Å²) >= 11 is 0. The van der Waals surface area contributed by atoms with Crippen LogP contribution in [0.3, 0.4) is 0 Å². The van der Waals surface area contributed by atoms with Gasteiger partial charge in [-0.3, -0.25) is 0 Å². The van der Waals surface area contributed by atoms with Gasteiger partial charge in [-0.25, -0.2) is 0 Å². The molecule has 0 aromatic rings. The van der Waals surface area contributed by atoms with E-state index in [1.807, 2.05) is 0 Å². The molecule has 0 fully saturated rings. The van der Waals surface area contributed by atoms with Gasteiger partial charge >= 0.3 is 0 Å². The molecular formula is C15H29NO. The quantitative estimate of drug-likeness (QED) is 0.714. The van der Waals surface area contributed by atoms with Crippen LogP contribution in [0.15, 0.2) is 11.6 Å². The highest BCUT2D eigenvalue weighted by Gasteiger charge is 2.16. The Bertz CT molecular complexity index is 225. The Morgan fingerprint density at radius 2 is 2.06 bits per heavy atom. The van der Waals surface area contributed by atoms with E-state index in [2.05, 4.69) is 25.2 Å². The molecule has 17 heavy (non-hydrogen) atoms. The molecule has 2 heteroatoms. The van der Waals surface area contributed by atoms with Crippen LogP contribution >= 0.6 is 0 Å². The fourth-order valence-corrected chi connectivity index (χ4v) is 2.57. The number of hydrogen-bond donors (Lipinski definition) is 1. The Labute approximate surface area is 107 Å². The SMILES string of the molecule is CCNC(CC(C)OC)C1=CCCCCCC1. The van der Waals surface area contributed by atoms with Gasteiger partial charge in [-0.2, -0.15) is 0 Å². The Kier molecular flexibility index (Phi) is 7.54. The minimum Gasteiger partial charge on any atom is -0.382 e. The second-order valence-electron chi connectivity index (χ2n) is 5.12. The summed E-state index contributed by atoms with van der Waals surface area (Å²) in [5.41, 5.74) is 1.62. The van der Waals surface area contributed by atoms with Gasteiger partial charge in [-0.1, -0.05) is 31.4 Å². The van der Waals surface area contributed by atoms with Gasteiger partial charge in [0.15, 0.2) is 0 Å². The molecule has 0 radical (unpaired) electrons. The van der Waals surface area contributed by atoms with Gasteiger partial charge < -0.3 is 10.1 Å². The molecule has 2 unspecified atom stereocenters. The molecule has 1 aliphatic rings. The highest BCUT2D eigenvalue weighted by Crippen LogP contribution is 2.22. The number of nitrogens with one attached hydrogen (secondary N) is 1. The first kappa shape index (κ1) is 14.7. The van der Waals surface area contributed by atoms with Crippen molar-refractivity contribution in [2.45, 2.75) is 70.9 Å². The molecular weight excluding hydrogens is 210 g/mol. The minimum atomic E-state index is 0.338. The van der Waals surface area contributed by atoms with Crippen molar-refractivity contribution in [2.24, 2.45) is 0 Å². The van der Waals surface area contributed by atoms with Crippen LogP contribution in [-0.2, 0) is 4.74 Å². The van der Waals surface area contributed by atoms with Gasteiger partial charge in [0.05, 0.1) is 6.10 Å². The van der Waals surface area contributed by atoms with E-state index < -0.39 is 0 Å². The molecule has 0 bridgehead atoms. The van der Waals surface area contributed by atoms with Crippen LogP contribution in [0.4, 0.5) is 0 Å². The maximum absolute atomic E-state index is 5.41. The van der Waals surface area contributed by atoms with Crippen molar-refractivity contribution in [3.8, 4) is 0 Å². The maximum Gasteiger partial charge on any atom is 0.0561 e. The second kappa shape index (κ2) is 8.71. The third-order valence-corrected chi connectivity index (χ3v) is 3.69. The van der Waals surface area contributed by atoms with Crippen molar-refractivity contribution in [3.05, 3.63) is 11.6 Å². The van der Waals surface area contributed by atoms with Crippen LogP contribution in [0.5, 0.6) is 0 Å². The normalized spacial score (nSPS) is 21.2. The fraction of sp³-hybridized carbons (Fsp3) is 0.867. The van der Waals surface area contributed by atoms with Gasteiger partial charge in [0.25, 0.3) is 0 Å². The van der Waals surface area contributed by atoms with Gasteiger partial charge in [-0.05, 0) is 45.6 Å². The van der Waals surface area contributed by atoms with Crippen molar-refractivity contribution in [1.29, 1.82) is 0 Å². The lowest BCUT2D eigenvalue weighted by atomic mass is 9.92. The summed E-state index contributed by atoms with van der Waals surface area (Å²) in [6.45, 7) is 5.39. The summed E-state index contributed by atoms with van der Waals surface area (Å²) in [7, 11) is 1.81. The molecule has 0 saturated carbocycles. The van der Waals surface area contributed by atoms with Crippen molar-refractivity contribution in [3.63, 3.8) is 0 Å². The number of rotatable bonds is 6. The summed E-state index contributed by atoms with van der Waals surface area (Å²) in [4.78, 5) is 0. The second-order valence-corrected chi connectivity index (χ2v) is 5.12. The zero-order chi connectivity index (χ0) is 12.5. The van der Waals surface area contributed by atoms with Crippen LogP contribution in [0.25, 0.3) is 0 Å². The van der Waals surface area contributed by atoms with E-state index in [1.165, 1.54) is 38.5 Å². The Hall–Kier alpha value is -0.340. The molecule has 0 heterocycles. The first-order valence-corrected chi connectivity index (χ1v) is 7.23. The molecule has 100 valence electrons. The highest BCUT2D eigenvalue weighted by atomic mass is 16.5. The maximum atomic E-state index is 5.41. The molecule has 0 saturated heterocycles. The molecule has 0 amide bonds. The first-order chi connectivity index (χ1) is 8.27. The van der Waals surface area contributed by atoms with Gasteiger partial charge in [0, 0.05) is 13.2 Å². The van der Waals surface area contributed by atoms with Crippen LogP contribution in [0.1, 0.15) is 58.8 Å². The zero-order valence-corrected chi connectivity index (χ0v) is 11.8. The van der Waals surface area contributed by atoms with Crippen LogP contribution in [0.2, 0.25) is 0 Å². The van der Waals surface area contributed by atoms with Crippen LogP contribution < -0.4 is 5.32 Å². The number of likely N-dealkylation sites (N-methyl/N-ethyl adjacent to an activating group) is 1. The molecule has 0 aromatic carbocycles. The number of hydrogen-bond acceptors (Lipinski definition) is 2. The van der Waals surface area contributed by atoms with Crippen molar-refractivity contribution in [1.82, 2.24) is 5.32 Å². The lowest BCUT2D eigenvalue weighted by Crippen LogP contribution is -2.34. The Morgan fingerprint density at radius 3 is 2.76 bits per heavy atom. The predicted molar refractivity (Wildman–Crippen MR) is 74.3 cm³/mol. The van der Waals surface area contributed by atoms with E-state index in [4.69, 9.17) is 4.74 Å². The Morgan fingerprint density at radius 1 is 1.29 bits per heavy atom. The molecule has 1 rings (SSSR count). The summed E-state index contributed by atoms with van der Waals surface area (Å²) in [5, 5.41) is 3.62. The molecule has 1 N–H and O–H groups in total. The van der Waals surface area contributed by atoms with E-state index in [9.17, 15) is 0 Å². The predicted octanol–water partition coefficient (Wildman–Crippen LogP) is 3.67. The Balaban J connectivity index is 2.59. The molecule has 0 aromatic heterocycles. The summed E-state index contributed by atoms with van der Waals surface area (Å²) in [6, 6.07) is 0.521. The van der Waals surface area contributed by atoms with Gasteiger partial charge in [-0.15, -0.1) is 0 Å². The fourth-order valence-electron chi connectivity index (χ4n) is 2.57. The monoisotopic (exact) mass is 239 g/mol. The van der Waals surface area contributed by atoms with E-state index in [1.54, 1.807) is 12.7 Å². The molecule has 0 spiro atoms. The number of allylic oxidation sites excluding steroid dienone is 1. The van der Waals surface area contributed by atoms with Crippen molar-refractivity contribution < 1.29 is 4.74 Å². The average molecular weight is 239 g/mol. The molecule has 2 nitrogen and oxygen atoms in total. The third kappa shape index (κ3) is 5.69. The molecule has 2 atom stereocenters. The van der Waals surface area contributed by atoms with Crippen LogP contribution in [0, 0.1) is 0 Å². The summed E-state index contributed by atoms with van der Waals surface area (Å²) < 4.78 is 5.41. The minimum absolute atomic E-state index is 0.338. The standard InChI is InChI=1S/C15H29NO/c1-4-16-15(12-13(2)17-3)14-10-8-6-5-7-9-11-14/h10,13,15-16H,4-9,11-12H2,1-3H3. The van der Waals surface area contributed by atoms with Crippen molar-refractivity contribution in [2.75, 3.05) is 13.7 Å². The number of methoxy groups -OCH3 is 1. The van der Waals surface area contributed by atoms with Gasteiger partial charge in [0.1, 0.15) is 0 Å². The van der Waals surface area contributed by atoms with E-state index in [0.29, 0.717) is 12.1 Å². The number of ether oxygens (including phenoxy) is 1. The topological polar surface area (TPSA) is 21.3 Å². The van der Waals surface area contributed by atoms with Gasteiger partial charge in [0.2, 0.25) is 0 Å². The average Bonchev–Trinajstić information content (AvgIpc) is 2.28. The lowest BCUT2D eigenvalue weighted by molar-refractivity contribution is 0.104. The molecule has 1 aliphatic carbocycles. The highest BCUT2D eigenvalue weighted by molar-refractivity contribution is 5.12. The van der Waals surface area contributed by atoms with Crippen molar-refractivity contribution >= 4 is 0 Å². The van der Waals surface area contributed by atoms with E-state index >= 15 is 0 Å². The first-order valence-electron chi connectivity index (χ1n) is 7.23. The van der Waals surface area contributed by atoms with E-state index in [-0.39, 0.29) is 0 Å². The van der Waals surface area contributed by atoms with Crippen LogP contribution in [-0.4, -0.2) is 25.8 Å².